The van der Waals surface area contributed by atoms with E-state index in [1.165, 1.54) is 17.7 Å². The zero-order valence-corrected chi connectivity index (χ0v) is 19.2. The first-order chi connectivity index (χ1) is 16.0. The maximum Gasteiger partial charge on any atom is 0.269 e. The van der Waals surface area contributed by atoms with E-state index in [1.54, 1.807) is 12.1 Å². The van der Waals surface area contributed by atoms with Gasteiger partial charge in [-0.1, -0.05) is 47.5 Å². The van der Waals surface area contributed by atoms with Crippen LogP contribution in [0.3, 0.4) is 0 Å². The Morgan fingerprint density at radius 3 is 2.21 bits per heavy atom. The maximum absolute atomic E-state index is 11.1. The number of hydrogen-bond donors (Lipinski definition) is 0. The van der Waals surface area contributed by atoms with Crippen LogP contribution in [-0.4, -0.2) is 10.6 Å². The normalized spacial score (nSPS) is 21.1. The topological polar surface area (TPSA) is 58.7 Å². The fraction of sp³-hybridized carbons (Fsp3) is 0.192. The Bertz CT molecular complexity index is 1240. The minimum Gasteiger partial charge on any atom is -0.258 e. The van der Waals surface area contributed by atoms with Crippen LogP contribution in [0.2, 0.25) is 10.0 Å². The van der Waals surface area contributed by atoms with Gasteiger partial charge in [0.2, 0.25) is 0 Å². The van der Waals surface area contributed by atoms with Crippen LogP contribution in [0.1, 0.15) is 36.4 Å². The van der Waals surface area contributed by atoms with Crippen molar-refractivity contribution in [1.82, 2.24) is 0 Å². The Balaban J connectivity index is 1.58. The van der Waals surface area contributed by atoms with Crippen LogP contribution in [0.4, 0.5) is 11.4 Å². The van der Waals surface area contributed by atoms with Gasteiger partial charge in [-0.05, 0) is 78.4 Å². The summed E-state index contributed by atoms with van der Waals surface area (Å²) in [6.07, 6.45) is 5.24. The predicted octanol–water partition coefficient (Wildman–Crippen LogP) is 7.70. The molecular formula is C26H21Cl2N3O2. The van der Waals surface area contributed by atoms with Crippen LogP contribution in [0.5, 0.6) is 0 Å². The van der Waals surface area contributed by atoms with Crippen molar-refractivity contribution in [1.29, 1.82) is 0 Å². The summed E-state index contributed by atoms with van der Waals surface area (Å²) in [4.78, 5) is 10.7. The van der Waals surface area contributed by atoms with Gasteiger partial charge in [0, 0.05) is 28.1 Å². The Kier molecular flexibility index (Phi) is 5.92. The molecule has 33 heavy (non-hydrogen) atoms. The summed E-state index contributed by atoms with van der Waals surface area (Å²) in [5.41, 5.74) is 5.40. The van der Waals surface area contributed by atoms with Crippen LogP contribution in [0.15, 0.2) is 83.5 Å². The van der Waals surface area contributed by atoms with Gasteiger partial charge in [0.15, 0.2) is 0 Å². The Morgan fingerprint density at radius 1 is 0.939 bits per heavy atom. The monoisotopic (exact) mass is 477 g/mol. The molecule has 3 aromatic rings. The molecule has 0 aromatic heterocycles. The number of nitro groups is 1. The van der Waals surface area contributed by atoms with Crippen molar-refractivity contribution in [2.75, 3.05) is 5.01 Å². The SMILES string of the molecule is O=[N+]([O-])c1ccc(N2N=C3/C(=C\c4ccc(Cl)cc4)CCC[C@H]3[C@H]2c2ccc(Cl)cc2)cc1. The summed E-state index contributed by atoms with van der Waals surface area (Å²) in [6.45, 7) is 0. The highest BCUT2D eigenvalue weighted by Gasteiger charge is 2.41. The first-order valence-corrected chi connectivity index (χ1v) is 11.6. The van der Waals surface area contributed by atoms with Gasteiger partial charge < -0.3 is 0 Å². The Hall–Kier alpha value is -3.15. The third kappa shape index (κ3) is 4.39. The number of hydrazone groups is 1. The van der Waals surface area contributed by atoms with Crippen molar-refractivity contribution in [2.45, 2.75) is 25.3 Å². The van der Waals surface area contributed by atoms with Crippen molar-refractivity contribution < 1.29 is 4.92 Å². The lowest BCUT2D eigenvalue weighted by molar-refractivity contribution is -0.384. The summed E-state index contributed by atoms with van der Waals surface area (Å²) >= 11 is 12.2. The van der Waals surface area contributed by atoms with Crippen LogP contribution >= 0.6 is 23.2 Å². The fourth-order valence-electron chi connectivity index (χ4n) is 4.70. The quantitative estimate of drug-likeness (QED) is 0.285. The molecule has 1 aliphatic carbocycles. The van der Waals surface area contributed by atoms with Crippen LogP contribution in [0, 0.1) is 16.0 Å². The molecule has 0 radical (unpaired) electrons. The highest BCUT2D eigenvalue weighted by molar-refractivity contribution is 6.30. The van der Waals surface area contributed by atoms with Gasteiger partial charge >= 0.3 is 0 Å². The van der Waals surface area contributed by atoms with E-state index < -0.39 is 0 Å². The van der Waals surface area contributed by atoms with Crippen molar-refractivity contribution in [3.63, 3.8) is 0 Å². The lowest BCUT2D eigenvalue weighted by Crippen LogP contribution is -2.28. The minimum absolute atomic E-state index is 0.00681. The van der Waals surface area contributed by atoms with Gasteiger partial charge in [0.25, 0.3) is 5.69 Å². The number of fused-ring (bicyclic) bond motifs is 1. The first kappa shape index (κ1) is 21.7. The zero-order chi connectivity index (χ0) is 22.9. The van der Waals surface area contributed by atoms with Crippen molar-refractivity contribution >= 4 is 46.4 Å². The molecule has 0 saturated heterocycles. The average Bonchev–Trinajstić information content (AvgIpc) is 3.22. The van der Waals surface area contributed by atoms with Gasteiger partial charge in [-0.2, -0.15) is 5.10 Å². The molecule has 7 heteroatoms. The van der Waals surface area contributed by atoms with E-state index in [-0.39, 0.29) is 22.6 Å². The smallest absolute Gasteiger partial charge is 0.258 e. The highest BCUT2D eigenvalue weighted by atomic mass is 35.5. The van der Waals surface area contributed by atoms with Crippen molar-refractivity contribution in [3.05, 3.63) is 110 Å². The van der Waals surface area contributed by atoms with E-state index in [4.69, 9.17) is 28.3 Å². The van der Waals surface area contributed by atoms with E-state index in [0.29, 0.717) is 10.0 Å². The first-order valence-electron chi connectivity index (χ1n) is 10.8. The summed E-state index contributed by atoms with van der Waals surface area (Å²) in [7, 11) is 0. The molecule has 2 aliphatic rings. The van der Waals surface area contributed by atoms with Gasteiger partial charge in [0.05, 0.1) is 22.4 Å². The maximum atomic E-state index is 11.1. The second-order valence-electron chi connectivity index (χ2n) is 8.32. The van der Waals surface area contributed by atoms with Crippen LogP contribution in [-0.2, 0) is 0 Å². The summed E-state index contributed by atoms with van der Waals surface area (Å²) in [5.74, 6) is 0.216. The third-order valence-electron chi connectivity index (χ3n) is 6.25. The molecule has 1 heterocycles. The number of nitrogens with zero attached hydrogens (tertiary/aromatic N) is 3. The zero-order valence-electron chi connectivity index (χ0n) is 17.7. The number of allylic oxidation sites excluding steroid dienone is 1. The van der Waals surface area contributed by atoms with E-state index in [1.807, 2.05) is 53.5 Å². The minimum atomic E-state index is -0.386. The third-order valence-corrected chi connectivity index (χ3v) is 6.75. The number of hydrogen-bond acceptors (Lipinski definition) is 4. The summed E-state index contributed by atoms with van der Waals surface area (Å²) in [6, 6.07) is 22.3. The molecule has 5 rings (SSSR count). The van der Waals surface area contributed by atoms with Gasteiger partial charge in [-0.15, -0.1) is 0 Å². The number of rotatable bonds is 4. The van der Waals surface area contributed by atoms with Crippen molar-refractivity contribution in [2.24, 2.45) is 11.0 Å². The molecule has 0 amide bonds. The Labute approximate surface area is 202 Å². The molecule has 3 aromatic carbocycles. The number of halogens is 2. The number of non-ortho nitro benzene ring substituents is 1. The highest BCUT2D eigenvalue weighted by Crippen LogP contribution is 2.46. The number of anilines is 1. The van der Waals surface area contributed by atoms with E-state index in [2.05, 4.69) is 6.08 Å². The molecule has 1 fully saturated rings. The van der Waals surface area contributed by atoms with Gasteiger partial charge in [-0.3, -0.25) is 15.1 Å². The molecule has 1 aliphatic heterocycles. The average molecular weight is 478 g/mol. The van der Waals surface area contributed by atoms with Crippen LogP contribution in [0.25, 0.3) is 6.08 Å². The molecule has 0 unspecified atom stereocenters. The standard InChI is InChI=1S/C26H21Cl2N3O2/c27-20-8-4-17(5-9-20)16-19-2-1-3-24-25(19)29-30(22-12-14-23(15-13-22)31(32)33)26(24)18-6-10-21(28)11-7-18/h4-16,24,26H,1-3H2/b19-16-/t24-,26-/m1/s1. The van der Waals surface area contributed by atoms with Crippen molar-refractivity contribution in [3.8, 4) is 0 Å². The number of nitro benzene ring substituents is 1. The lowest BCUT2D eigenvalue weighted by atomic mass is 9.77. The molecule has 0 N–H and O–H groups in total. The van der Waals surface area contributed by atoms with E-state index in [9.17, 15) is 10.1 Å². The predicted molar refractivity (Wildman–Crippen MR) is 134 cm³/mol. The molecule has 1 saturated carbocycles. The van der Waals surface area contributed by atoms with E-state index in [0.717, 1.165) is 41.8 Å². The number of benzene rings is 3. The van der Waals surface area contributed by atoms with Crippen LogP contribution < -0.4 is 5.01 Å². The second-order valence-corrected chi connectivity index (χ2v) is 9.19. The second kappa shape index (κ2) is 9.00. The largest absolute Gasteiger partial charge is 0.269 e. The van der Waals surface area contributed by atoms with Gasteiger partial charge in [-0.25, -0.2) is 0 Å². The summed E-state index contributed by atoms with van der Waals surface area (Å²) < 4.78 is 0. The molecule has 0 bridgehead atoms. The fourth-order valence-corrected chi connectivity index (χ4v) is 4.95. The molecular weight excluding hydrogens is 457 g/mol. The van der Waals surface area contributed by atoms with E-state index >= 15 is 0 Å². The molecule has 5 nitrogen and oxygen atoms in total. The molecule has 2 atom stereocenters. The molecule has 0 spiro atoms. The Morgan fingerprint density at radius 2 is 1.58 bits per heavy atom. The summed E-state index contributed by atoms with van der Waals surface area (Å²) in [5, 5.41) is 19.6. The van der Waals surface area contributed by atoms with Gasteiger partial charge in [0.1, 0.15) is 0 Å². The lowest BCUT2D eigenvalue weighted by Gasteiger charge is -2.30. The molecule has 166 valence electrons.